The molecule has 0 aliphatic rings. The molecule has 1 heterocycles. The van der Waals surface area contributed by atoms with E-state index in [-0.39, 0.29) is 0 Å². The van der Waals surface area contributed by atoms with Crippen LogP contribution in [-0.2, 0) is 6.54 Å². The van der Waals surface area contributed by atoms with Crippen LogP contribution in [0.2, 0.25) is 0 Å². The summed E-state index contributed by atoms with van der Waals surface area (Å²) < 4.78 is 0. The standard InChI is InChI=1S/C5H9N4/c1-9(2)4-5-3-6-8-7-5/h4H2,1-2H3,(H,6,7,8). The number of aromatic amines is 1. The lowest BCUT2D eigenvalue weighted by Gasteiger charge is -2.04. The van der Waals surface area contributed by atoms with Gasteiger partial charge in [-0.3, -0.25) is 5.10 Å². The second-order valence-corrected chi connectivity index (χ2v) is 2.14. The molecule has 0 aliphatic heterocycles. The lowest BCUT2D eigenvalue weighted by Crippen LogP contribution is -2.10. The van der Waals surface area contributed by atoms with Gasteiger partial charge in [0.1, 0.15) is 6.20 Å². The fourth-order valence-corrected chi connectivity index (χ4v) is 0.583. The van der Waals surface area contributed by atoms with Crippen LogP contribution < -0.4 is 0 Å². The van der Waals surface area contributed by atoms with Crippen molar-refractivity contribution < 1.29 is 0 Å². The Bertz CT molecular complexity index is 155. The van der Waals surface area contributed by atoms with E-state index < -0.39 is 0 Å². The summed E-state index contributed by atoms with van der Waals surface area (Å²) in [7, 11) is 3.96. The molecule has 0 saturated carbocycles. The molecule has 0 aliphatic carbocycles. The third kappa shape index (κ3) is 1.81. The second-order valence-electron chi connectivity index (χ2n) is 2.14. The van der Waals surface area contributed by atoms with Crippen molar-refractivity contribution >= 4 is 0 Å². The molecular weight excluding hydrogens is 116 g/mol. The van der Waals surface area contributed by atoms with E-state index in [1.807, 2.05) is 19.0 Å². The van der Waals surface area contributed by atoms with E-state index in [2.05, 4.69) is 21.6 Å². The van der Waals surface area contributed by atoms with Crippen LogP contribution in [0.25, 0.3) is 0 Å². The molecule has 1 rings (SSSR count). The van der Waals surface area contributed by atoms with Gasteiger partial charge < -0.3 is 4.90 Å². The van der Waals surface area contributed by atoms with Gasteiger partial charge in [-0.25, -0.2) is 0 Å². The number of H-pyrrole nitrogens is 1. The lowest BCUT2D eigenvalue weighted by molar-refractivity contribution is 0.396. The molecule has 0 fully saturated rings. The Morgan fingerprint density at radius 3 is 2.89 bits per heavy atom. The smallest absolute Gasteiger partial charge is 0.139 e. The fourth-order valence-electron chi connectivity index (χ4n) is 0.583. The molecule has 1 radical (unpaired) electrons. The van der Waals surface area contributed by atoms with Crippen molar-refractivity contribution in [1.82, 2.24) is 20.3 Å². The third-order valence-corrected chi connectivity index (χ3v) is 0.894. The molecule has 1 aromatic rings. The Morgan fingerprint density at radius 1 is 1.67 bits per heavy atom. The largest absolute Gasteiger partial charge is 0.304 e. The van der Waals surface area contributed by atoms with Gasteiger partial charge in [-0.1, -0.05) is 5.21 Å². The molecule has 0 unspecified atom stereocenters. The predicted molar refractivity (Wildman–Crippen MR) is 32.6 cm³/mol. The highest BCUT2D eigenvalue weighted by Crippen LogP contribution is 1.90. The average molecular weight is 125 g/mol. The summed E-state index contributed by atoms with van der Waals surface area (Å²) in [6.07, 6.45) is 2.71. The molecule has 1 N–H and O–H groups in total. The Morgan fingerprint density at radius 2 is 2.44 bits per heavy atom. The SMILES string of the molecule is CN(C)Cc1[c]nn[nH]1. The Hall–Kier alpha value is -0.900. The summed E-state index contributed by atoms with van der Waals surface area (Å²) in [5.41, 5.74) is 0.917. The van der Waals surface area contributed by atoms with Crippen molar-refractivity contribution in [2.45, 2.75) is 6.54 Å². The quantitative estimate of drug-likeness (QED) is 0.588. The number of nitrogens with one attached hydrogen (secondary N) is 1. The highest BCUT2D eigenvalue weighted by atomic mass is 15.3. The molecule has 49 valence electrons. The summed E-state index contributed by atoms with van der Waals surface area (Å²) in [5.74, 6) is 0. The van der Waals surface area contributed by atoms with Gasteiger partial charge in [0.25, 0.3) is 0 Å². The van der Waals surface area contributed by atoms with Crippen LogP contribution in [0.5, 0.6) is 0 Å². The predicted octanol–water partition coefficient (Wildman–Crippen LogP) is -0.334. The maximum atomic E-state index is 3.52. The molecule has 4 nitrogen and oxygen atoms in total. The van der Waals surface area contributed by atoms with Gasteiger partial charge in [0.2, 0.25) is 0 Å². The van der Waals surface area contributed by atoms with Crippen molar-refractivity contribution in [3.8, 4) is 0 Å². The monoisotopic (exact) mass is 125 g/mol. The Kier molecular flexibility index (Phi) is 1.79. The van der Waals surface area contributed by atoms with Crippen LogP contribution in [0.1, 0.15) is 5.69 Å². The van der Waals surface area contributed by atoms with E-state index in [1.54, 1.807) is 0 Å². The van der Waals surface area contributed by atoms with Crippen LogP contribution in [0.3, 0.4) is 0 Å². The van der Waals surface area contributed by atoms with E-state index in [9.17, 15) is 0 Å². The first-order valence-electron chi connectivity index (χ1n) is 2.71. The van der Waals surface area contributed by atoms with Gasteiger partial charge in [0.05, 0.1) is 5.69 Å². The zero-order valence-electron chi connectivity index (χ0n) is 5.55. The summed E-state index contributed by atoms with van der Waals surface area (Å²) in [6, 6.07) is 0. The second kappa shape index (κ2) is 2.59. The first kappa shape index (κ1) is 6.22. The number of nitrogens with zero attached hydrogens (tertiary/aromatic N) is 3. The van der Waals surface area contributed by atoms with Crippen LogP contribution in [-0.4, -0.2) is 34.4 Å². The van der Waals surface area contributed by atoms with Gasteiger partial charge in [0.15, 0.2) is 0 Å². The van der Waals surface area contributed by atoms with E-state index >= 15 is 0 Å². The number of hydrogen-bond acceptors (Lipinski definition) is 3. The van der Waals surface area contributed by atoms with Gasteiger partial charge in [-0.05, 0) is 14.1 Å². The maximum absolute atomic E-state index is 3.52. The van der Waals surface area contributed by atoms with Crippen molar-refractivity contribution in [2.24, 2.45) is 0 Å². The van der Waals surface area contributed by atoms with Crippen LogP contribution in [0.15, 0.2) is 0 Å². The molecular formula is C5H9N4. The van der Waals surface area contributed by atoms with Gasteiger partial charge in [0, 0.05) is 6.54 Å². The molecule has 1 aromatic heterocycles. The van der Waals surface area contributed by atoms with Crippen molar-refractivity contribution in [1.29, 1.82) is 0 Å². The molecule has 0 bridgehead atoms. The minimum Gasteiger partial charge on any atom is -0.304 e. The zero-order valence-corrected chi connectivity index (χ0v) is 5.55. The highest BCUT2D eigenvalue weighted by Gasteiger charge is 1.94. The summed E-state index contributed by atoms with van der Waals surface area (Å²) in [6.45, 7) is 0.812. The summed E-state index contributed by atoms with van der Waals surface area (Å²) in [4.78, 5) is 2.02. The number of aromatic nitrogens is 3. The summed E-state index contributed by atoms with van der Waals surface area (Å²) in [5, 5.41) is 9.75. The normalized spacial score (nSPS) is 10.6. The number of hydrogen-bond donors (Lipinski definition) is 1. The third-order valence-electron chi connectivity index (χ3n) is 0.894. The van der Waals surface area contributed by atoms with Crippen LogP contribution >= 0.6 is 0 Å². The zero-order chi connectivity index (χ0) is 6.69. The molecule has 9 heavy (non-hydrogen) atoms. The van der Waals surface area contributed by atoms with Gasteiger partial charge >= 0.3 is 0 Å². The Balaban J connectivity index is 2.48. The molecule has 0 aromatic carbocycles. The number of rotatable bonds is 2. The first-order valence-corrected chi connectivity index (χ1v) is 2.71. The first-order chi connectivity index (χ1) is 4.29. The maximum Gasteiger partial charge on any atom is 0.139 e. The van der Waals surface area contributed by atoms with E-state index in [0.29, 0.717) is 0 Å². The Labute approximate surface area is 53.9 Å². The highest BCUT2D eigenvalue weighted by molar-refractivity contribution is 4.86. The average Bonchev–Trinajstić information content (AvgIpc) is 2.15. The fraction of sp³-hybridized carbons (Fsp3) is 0.600. The van der Waals surface area contributed by atoms with E-state index in [0.717, 1.165) is 12.2 Å². The molecule has 0 saturated heterocycles. The molecule has 0 atom stereocenters. The van der Waals surface area contributed by atoms with Crippen molar-refractivity contribution in [2.75, 3.05) is 14.1 Å². The van der Waals surface area contributed by atoms with Crippen molar-refractivity contribution in [3.05, 3.63) is 11.9 Å². The van der Waals surface area contributed by atoms with E-state index in [1.165, 1.54) is 0 Å². The topological polar surface area (TPSA) is 44.8 Å². The van der Waals surface area contributed by atoms with Crippen LogP contribution in [0, 0.1) is 6.20 Å². The van der Waals surface area contributed by atoms with E-state index in [4.69, 9.17) is 0 Å². The molecule has 4 heteroatoms. The van der Waals surface area contributed by atoms with Gasteiger partial charge in [-0.2, -0.15) is 0 Å². The molecule has 0 spiro atoms. The minimum atomic E-state index is 0.812. The van der Waals surface area contributed by atoms with Crippen LogP contribution in [0.4, 0.5) is 0 Å². The molecule has 0 amide bonds. The minimum absolute atomic E-state index is 0.812. The van der Waals surface area contributed by atoms with Gasteiger partial charge in [-0.15, -0.1) is 5.10 Å². The van der Waals surface area contributed by atoms with Crippen molar-refractivity contribution in [3.63, 3.8) is 0 Å². The summed E-state index contributed by atoms with van der Waals surface area (Å²) >= 11 is 0. The lowest BCUT2D eigenvalue weighted by atomic mass is 10.4.